The van der Waals surface area contributed by atoms with Gasteiger partial charge in [-0.3, -0.25) is 9.36 Å². The lowest BCUT2D eigenvalue weighted by molar-refractivity contribution is -0.171. The number of carbonyl (C=O) groups excluding carboxylic acids is 1. The minimum atomic E-state index is -2.07. The minimum absolute atomic E-state index is 0.0835. The first kappa shape index (κ1) is 27.5. The molecule has 14 heteroatoms. The predicted molar refractivity (Wildman–Crippen MR) is 135 cm³/mol. The van der Waals surface area contributed by atoms with Gasteiger partial charge in [-0.25, -0.2) is 9.37 Å². The third-order valence-corrected chi connectivity index (χ3v) is 6.86. The molecule has 0 bridgehead atoms. The molecule has 194 valence electrons. The van der Waals surface area contributed by atoms with E-state index >= 15 is 4.39 Å². The fourth-order valence-corrected chi connectivity index (χ4v) is 5.06. The number of aromatic nitrogens is 4. The number of nitrogens with one attached hydrogen (secondary N) is 1. The highest BCUT2D eigenvalue weighted by Crippen LogP contribution is 2.44. The monoisotopic (exact) mass is 530 g/mol. The van der Waals surface area contributed by atoms with E-state index in [1.165, 1.54) is 0 Å². The lowest BCUT2D eigenvalue weighted by Gasteiger charge is -2.20. The predicted octanol–water partition coefficient (Wildman–Crippen LogP) is 3.05. The Kier molecular flexibility index (Phi) is 8.27. The zero-order chi connectivity index (χ0) is 26.1. The third kappa shape index (κ3) is 6.79. The van der Waals surface area contributed by atoms with Gasteiger partial charge in [0, 0.05) is 26.4 Å². The van der Waals surface area contributed by atoms with E-state index in [2.05, 4.69) is 20.0 Å². The molecule has 3 N–H and O–H groups in total. The quantitative estimate of drug-likeness (QED) is 0.366. The van der Waals surface area contributed by atoms with Gasteiger partial charge in [0.2, 0.25) is 23.6 Å². The summed E-state index contributed by atoms with van der Waals surface area (Å²) in [6.45, 7) is 9.30. The molecule has 1 saturated heterocycles. The molecule has 0 aliphatic carbocycles. The lowest BCUT2D eigenvalue weighted by Crippen LogP contribution is -2.34. The van der Waals surface area contributed by atoms with Gasteiger partial charge in [0.1, 0.15) is 12.3 Å². The number of carbonyl (C=O) groups is 1. The molecule has 11 nitrogen and oxygen atoms in total. The molecule has 1 aliphatic heterocycles. The van der Waals surface area contributed by atoms with E-state index in [9.17, 15) is 4.79 Å². The Bertz CT molecular complexity index is 1100. The van der Waals surface area contributed by atoms with Crippen molar-refractivity contribution in [1.82, 2.24) is 24.6 Å². The van der Waals surface area contributed by atoms with Gasteiger partial charge in [0.05, 0.1) is 12.9 Å². The number of imidazole rings is 1. The highest BCUT2D eigenvalue weighted by molar-refractivity contribution is 8.02. The van der Waals surface area contributed by atoms with Crippen molar-refractivity contribution < 1.29 is 23.2 Å². The Morgan fingerprint density at radius 3 is 2.80 bits per heavy atom. The molecule has 0 saturated carbocycles. The number of ether oxygens (including phenoxy) is 2. The number of nitrogens with zero attached hydrogens (tertiary/aromatic N) is 5. The second kappa shape index (κ2) is 10.5. The van der Waals surface area contributed by atoms with E-state index in [1.54, 1.807) is 22.7 Å². The summed E-state index contributed by atoms with van der Waals surface area (Å²) in [6.07, 6.45) is 0.958. The number of halogens is 1. The van der Waals surface area contributed by atoms with Crippen LogP contribution in [0.15, 0.2) is 6.33 Å². The maximum atomic E-state index is 15.6. The first-order valence-electron chi connectivity index (χ1n) is 11.3. The van der Waals surface area contributed by atoms with Crippen LogP contribution in [0.25, 0.3) is 11.2 Å². The molecule has 2 aromatic rings. The van der Waals surface area contributed by atoms with E-state index in [4.69, 9.17) is 31.5 Å². The van der Waals surface area contributed by atoms with E-state index in [0.717, 1.165) is 0 Å². The van der Waals surface area contributed by atoms with Crippen LogP contribution >= 0.6 is 7.07 Å². The summed E-state index contributed by atoms with van der Waals surface area (Å²) in [7, 11) is 1.94. The van der Waals surface area contributed by atoms with Crippen LogP contribution in [0.1, 0.15) is 47.3 Å². The summed E-state index contributed by atoms with van der Waals surface area (Å²) < 4.78 is 33.9. The molecule has 35 heavy (non-hydrogen) atoms. The number of rotatable bonds is 9. The fraction of sp³-hybridized carbons (Fsp3) is 0.714. The normalized spacial score (nSPS) is 23.9. The lowest BCUT2D eigenvalue weighted by atomic mass is 9.99. The average Bonchev–Trinajstić information content (AvgIpc) is 3.29. The van der Waals surface area contributed by atoms with Crippen LogP contribution in [0.3, 0.4) is 0 Å². The van der Waals surface area contributed by atoms with E-state index in [-0.39, 0.29) is 36.9 Å². The van der Waals surface area contributed by atoms with Gasteiger partial charge in [-0.05, 0) is 12.3 Å². The highest BCUT2D eigenvalue weighted by atomic mass is 32.4. The number of hydrogen-bond acceptors (Lipinski definition) is 10. The number of nitrogen functional groups attached to an aromatic ring is 1. The molecule has 0 aromatic carbocycles. The van der Waals surface area contributed by atoms with Crippen molar-refractivity contribution in [2.45, 2.75) is 59.2 Å². The molecular weight excluding hydrogens is 496 g/mol. The van der Waals surface area contributed by atoms with Crippen LogP contribution in [0.2, 0.25) is 0 Å². The van der Waals surface area contributed by atoms with Gasteiger partial charge in [-0.15, -0.1) is 4.52 Å². The van der Waals surface area contributed by atoms with E-state index in [1.807, 2.05) is 41.8 Å². The molecule has 0 spiro atoms. The van der Waals surface area contributed by atoms with Gasteiger partial charge in [0.15, 0.2) is 23.6 Å². The molecule has 1 fully saturated rings. The number of anilines is 2. The van der Waals surface area contributed by atoms with Crippen LogP contribution in [0, 0.1) is 11.3 Å². The Hall–Kier alpha value is -2.05. The molecule has 1 unspecified atom stereocenters. The Labute approximate surface area is 210 Å². The maximum Gasteiger partial charge on any atom is 0.440 e. The Balaban J connectivity index is 1.63. The van der Waals surface area contributed by atoms with Gasteiger partial charge in [0.25, 0.3) is 0 Å². The molecule has 0 amide bonds. The molecule has 3 rings (SSSR count). The van der Waals surface area contributed by atoms with Crippen molar-refractivity contribution in [3.05, 3.63) is 6.33 Å². The first-order chi connectivity index (χ1) is 16.2. The van der Waals surface area contributed by atoms with Crippen molar-refractivity contribution in [3.63, 3.8) is 0 Å². The number of fused-ring (bicyclic) bond motifs is 1. The average molecular weight is 531 g/mol. The number of alkyl halides is 1. The summed E-state index contributed by atoms with van der Waals surface area (Å²) >= 11 is 5.28. The molecule has 1 aliphatic rings. The zero-order valence-corrected chi connectivity index (χ0v) is 22.8. The minimum Gasteiger partial charge on any atom is -0.464 e. The number of hydrogen-bond donors (Lipinski definition) is 2. The standard InChI is InChI=1S/C21H34FN7O4PS/c1-12-8-21(22,10-32-34(35)27-13(2)18(30)31-9-20(3,4)5)33-17(12)29-11-24-14-15(28(6)7)25-19(23)26-16(14)29/h11-13,17H,8-10H2,1-7H3,(H,27,35)(H2,23,25,26)/q+1/t12-,13-,17+,21-/m0/s1. The summed E-state index contributed by atoms with van der Waals surface area (Å²) in [5.41, 5.74) is 6.73. The first-order valence-corrected chi connectivity index (χ1v) is 13.5. The fourth-order valence-electron chi connectivity index (χ4n) is 3.62. The van der Waals surface area contributed by atoms with Crippen molar-refractivity contribution in [2.75, 3.05) is 37.9 Å². The summed E-state index contributed by atoms with van der Waals surface area (Å²) in [6, 6.07) is -0.680. The van der Waals surface area contributed by atoms with Crippen molar-refractivity contribution in [3.8, 4) is 0 Å². The maximum absolute atomic E-state index is 15.6. The van der Waals surface area contributed by atoms with E-state index < -0.39 is 31.2 Å². The zero-order valence-electron chi connectivity index (χ0n) is 21.1. The van der Waals surface area contributed by atoms with Crippen molar-refractivity contribution >= 4 is 47.8 Å². The number of nitrogens with two attached hydrogens (primary N) is 1. The van der Waals surface area contributed by atoms with Crippen LogP contribution in [0.4, 0.5) is 16.2 Å². The Morgan fingerprint density at radius 1 is 1.49 bits per heavy atom. The van der Waals surface area contributed by atoms with Gasteiger partial charge >= 0.3 is 13.0 Å². The van der Waals surface area contributed by atoms with Gasteiger partial charge < -0.3 is 20.1 Å². The topological polar surface area (TPSA) is 130 Å². The van der Waals surface area contributed by atoms with Crippen LogP contribution in [-0.4, -0.2) is 64.7 Å². The second-order valence-electron chi connectivity index (χ2n) is 10.2. The van der Waals surface area contributed by atoms with Crippen LogP contribution < -0.4 is 15.7 Å². The largest absolute Gasteiger partial charge is 0.464 e. The summed E-state index contributed by atoms with van der Waals surface area (Å²) in [4.78, 5) is 26.9. The number of esters is 1. The molecule has 0 radical (unpaired) electrons. The summed E-state index contributed by atoms with van der Waals surface area (Å²) in [5.74, 6) is -2.07. The third-order valence-electron chi connectivity index (χ3n) is 5.26. The molecule has 5 atom stereocenters. The highest BCUT2D eigenvalue weighted by Gasteiger charge is 2.48. The van der Waals surface area contributed by atoms with Crippen LogP contribution in [-0.2, 0) is 30.6 Å². The van der Waals surface area contributed by atoms with Crippen LogP contribution in [0.5, 0.6) is 0 Å². The van der Waals surface area contributed by atoms with E-state index in [0.29, 0.717) is 17.0 Å². The molecular formula is C21H34FN7O4PS+. The van der Waals surface area contributed by atoms with Gasteiger partial charge in [-0.1, -0.05) is 32.8 Å². The summed E-state index contributed by atoms with van der Waals surface area (Å²) in [5, 5.41) is 2.86. The van der Waals surface area contributed by atoms with Gasteiger partial charge in [-0.2, -0.15) is 9.97 Å². The SMILES string of the molecule is C[C@H](N[P+](=S)OC[C@]1(F)C[C@H](C)[C@H](n2cnc3c(N(C)C)nc(N)nc32)O1)C(=O)OCC(C)(C)C. The molecule has 3 heterocycles. The Morgan fingerprint density at radius 2 is 2.17 bits per heavy atom. The second-order valence-corrected chi connectivity index (χ2v) is 12.3. The molecule has 2 aromatic heterocycles. The smallest absolute Gasteiger partial charge is 0.440 e. The van der Waals surface area contributed by atoms with Crippen molar-refractivity contribution in [1.29, 1.82) is 0 Å². The van der Waals surface area contributed by atoms with Crippen molar-refractivity contribution in [2.24, 2.45) is 11.3 Å².